The van der Waals surface area contributed by atoms with Crippen LogP contribution >= 0.6 is 0 Å². The number of cyclic esters (lactones) is 1. The summed E-state index contributed by atoms with van der Waals surface area (Å²) in [6.07, 6.45) is 0. The maximum Gasteiger partial charge on any atom is 0.314 e. The molecule has 5 aliphatic rings. The number of rotatable bonds is 0. The number of ketones is 2. The standard InChI is InChI=1S/C17H16O8/c1-6-8(18)12(21)17(23)11-10(20)9(19)7-3-24-5-16(7,17)14(2)13(22)25-4-15(6,11)14/h11,18-19,23H,3-5H2,1-2H3/t11-,14+,15-,16+,17+/m1/s1. The summed E-state index contributed by atoms with van der Waals surface area (Å²) >= 11 is 0. The molecule has 8 heteroatoms. The highest BCUT2D eigenvalue weighted by molar-refractivity contribution is 6.15. The van der Waals surface area contributed by atoms with E-state index in [1.807, 2.05) is 0 Å². The first-order valence-electron chi connectivity index (χ1n) is 8.03. The Kier molecular flexibility index (Phi) is 2.21. The minimum Gasteiger partial charge on any atom is -0.504 e. The van der Waals surface area contributed by atoms with Crippen LogP contribution in [0.4, 0.5) is 0 Å². The molecule has 4 bridgehead atoms. The van der Waals surface area contributed by atoms with Crippen molar-refractivity contribution in [1.29, 1.82) is 0 Å². The molecule has 2 saturated heterocycles. The Balaban J connectivity index is 2.05. The fourth-order valence-corrected chi connectivity index (χ4v) is 6.42. The van der Waals surface area contributed by atoms with Gasteiger partial charge in [0.05, 0.1) is 35.4 Å². The van der Waals surface area contributed by atoms with E-state index in [2.05, 4.69) is 0 Å². The van der Waals surface area contributed by atoms with E-state index < -0.39 is 56.8 Å². The van der Waals surface area contributed by atoms with Crippen molar-refractivity contribution in [2.75, 3.05) is 19.8 Å². The number of Topliss-reactive ketones (excluding diaryl/α,β-unsaturated/α-hetero) is 2. The zero-order valence-corrected chi connectivity index (χ0v) is 13.6. The average Bonchev–Trinajstić information content (AvgIpc) is 3.17. The molecule has 0 unspecified atom stereocenters. The van der Waals surface area contributed by atoms with Crippen LogP contribution in [-0.4, -0.2) is 58.3 Å². The van der Waals surface area contributed by atoms with E-state index in [-0.39, 0.29) is 31.0 Å². The summed E-state index contributed by atoms with van der Waals surface area (Å²) < 4.78 is 10.8. The number of ether oxygens (including phenoxy) is 2. The molecule has 0 amide bonds. The molecule has 0 radical (unpaired) electrons. The van der Waals surface area contributed by atoms with Crippen LogP contribution in [0.2, 0.25) is 0 Å². The predicted molar refractivity (Wildman–Crippen MR) is 78.2 cm³/mol. The molecule has 25 heavy (non-hydrogen) atoms. The molecular weight excluding hydrogens is 332 g/mol. The summed E-state index contributed by atoms with van der Waals surface area (Å²) in [5.41, 5.74) is -6.80. The van der Waals surface area contributed by atoms with E-state index >= 15 is 0 Å². The zero-order valence-electron chi connectivity index (χ0n) is 13.6. The van der Waals surface area contributed by atoms with Gasteiger partial charge in [-0.3, -0.25) is 14.4 Å². The van der Waals surface area contributed by atoms with Gasteiger partial charge in [0.15, 0.2) is 17.1 Å². The summed E-state index contributed by atoms with van der Waals surface area (Å²) in [6, 6.07) is 0. The third kappa shape index (κ3) is 0.973. The van der Waals surface area contributed by atoms with E-state index in [4.69, 9.17) is 9.47 Å². The van der Waals surface area contributed by atoms with Gasteiger partial charge in [0, 0.05) is 5.57 Å². The topological polar surface area (TPSA) is 130 Å². The summed E-state index contributed by atoms with van der Waals surface area (Å²) in [5, 5.41) is 32.5. The first kappa shape index (κ1) is 15.1. The van der Waals surface area contributed by atoms with Crippen LogP contribution in [0.25, 0.3) is 0 Å². The highest BCUT2D eigenvalue weighted by atomic mass is 16.5. The number of aliphatic hydroxyl groups is 3. The van der Waals surface area contributed by atoms with Crippen molar-refractivity contribution in [2.45, 2.75) is 19.4 Å². The SMILES string of the molecule is CC1=C(O)C(=O)[C@@]2(O)[C@@H]3C(=O)C(O)=C4COC[C@@]42[C@@]2(C)C(=O)OC[C@@]132. The molecule has 3 N–H and O–H groups in total. The Morgan fingerprint density at radius 2 is 1.80 bits per heavy atom. The van der Waals surface area contributed by atoms with Crippen LogP contribution in [0.3, 0.4) is 0 Å². The molecule has 2 heterocycles. The van der Waals surface area contributed by atoms with Crippen molar-refractivity contribution in [1.82, 2.24) is 0 Å². The third-order valence-corrected chi connectivity index (χ3v) is 7.59. The molecule has 3 aliphatic carbocycles. The van der Waals surface area contributed by atoms with E-state index in [9.17, 15) is 29.7 Å². The van der Waals surface area contributed by atoms with Gasteiger partial charge in [-0.25, -0.2) is 0 Å². The van der Waals surface area contributed by atoms with E-state index in [1.54, 1.807) is 0 Å². The Hall–Kier alpha value is -2.19. The molecule has 2 spiro atoms. The first-order valence-corrected chi connectivity index (χ1v) is 8.03. The minimum atomic E-state index is -2.36. The fraction of sp³-hybridized carbons (Fsp3) is 0.588. The van der Waals surface area contributed by atoms with Gasteiger partial charge in [0.2, 0.25) is 11.6 Å². The van der Waals surface area contributed by atoms with Crippen LogP contribution in [0.5, 0.6) is 0 Å². The second-order valence-corrected chi connectivity index (χ2v) is 7.76. The number of carbonyl (C=O) groups excluding carboxylic acids is 3. The van der Waals surface area contributed by atoms with Crippen LogP contribution in [0.1, 0.15) is 13.8 Å². The van der Waals surface area contributed by atoms with E-state index in [1.165, 1.54) is 13.8 Å². The van der Waals surface area contributed by atoms with Gasteiger partial charge in [-0.2, -0.15) is 0 Å². The van der Waals surface area contributed by atoms with E-state index in [0.717, 1.165) is 0 Å². The normalized spacial score (nSPS) is 50.4. The Bertz CT molecular complexity index is 883. The number of esters is 1. The van der Waals surface area contributed by atoms with Crippen molar-refractivity contribution in [2.24, 2.45) is 22.2 Å². The lowest BCUT2D eigenvalue weighted by atomic mass is 9.54. The average molecular weight is 348 g/mol. The van der Waals surface area contributed by atoms with Crippen LogP contribution in [0, 0.1) is 22.2 Å². The smallest absolute Gasteiger partial charge is 0.314 e. The maximum atomic E-state index is 13.0. The van der Waals surface area contributed by atoms with E-state index in [0.29, 0.717) is 0 Å². The van der Waals surface area contributed by atoms with Gasteiger partial charge in [0.25, 0.3) is 0 Å². The third-order valence-electron chi connectivity index (χ3n) is 7.59. The number of allylic oxidation sites excluding steroid dienone is 1. The van der Waals surface area contributed by atoms with Crippen LogP contribution in [-0.2, 0) is 23.9 Å². The summed E-state index contributed by atoms with van der Waals surface area (Å²) in [7, 11) is 0. The van der Waals surface area contributed by atoms with Crippen molar-refractivity contribution in [3.05, 3.63) is 22.7 Å². The maximum absolute atomic E-state index is 13.0. The minimum absolute atomic E-state index is 0.0373. The highest BCUT2D eigenvalue weighted by Gasteiger charge is 2.94. The Morgan fingerprint density at radius 3 is 2.48 bits per heavy atom. The summed E-state index contributed by atoms with van der Waals surface area (Å²) in [5.74, 6) is -5.13. The number of carbonyl (C=O) groups is 3. The van der Waals surface area contributed by atoms with Crippen molar-refractivity contribution in [3.63, 3.8) is 0 Å². The molecule has 1 saturated carbocycles. The number of hydrogen-bond acceptors (Lipinski definition) is 8. The molecule has 5 rings (SSSR count). The summed E-state index contributed by atoms with van der Waals surface area (Å²) in [4.78, 5) is 38.8. The van der Waals surface area contributed by atoms with Crippen molar-refractivity contribution >= 4 is 17.5 Å². The second-order valence-electron chi connectivity index (χ2n) is 7.76. The fourth-order valence-electron chi connectivity index (χ4n) is 6.42. The Labute approximate surface area is 141 Å². The second kappa shape index (κ2) is 3.66. The molecule has 8 nitrogen and oxygen atoms in total. The van der Waals surface area contributed by atoms with Gasteiger partial charge < -0.3 is 24.8 Å². The lowest BCUT2D eigenvalue weighted by molar-refractivity contribution is -0.176. The predicted octanol–water partition coefficient (Wildman–Crippen LogP) is -0.277. The lowest BCUT2D eigenvalue weighted by Crippen LogP contribution is -2.65. The Morgan fingerprint density at radius 1 is 1.12 bits per heavy atom. The molecule has 132 valence electrons. The lowest BCUT2D eigenvalue weighted by Gasteiger charge is -2.47. The van der Waals surface area contributed by atoms with Gasteiger partial charge in [-0.1, -0.05) is 0 Å². The quantitative estimate of drug-likeness (QED) is 0.510. The first-order chi connectivity index (χ1) is 11.6. The monoisotopic (exact) mass is 348 g/mol. The zero-order chi connectivity index (χ0) is 18.2. The summed E-state index contributed by atoms with van der Waals surface area (Å²) in [6.45, 7) is 2.32. The van der Waals surface area contributed by atoms with Crippen molar-refractivity contribution in [3.8, 4) is 0 Å². The highest BCUT2D eigenvalue weighted by Crippen LogP contribution is 2.81. The largest absolute Gasteiger partial charge is 0.504 e. The molecule has 2 aliphatic heterocycles. The number of hydrogen-bond donors (Lipinski definition) is 3. The molecule has 0 aromatic heterocycles. The van der Waals surface area contributed by atoms with Crippen LogP contribution < -0.4 is 0 Å². The van der Waals surface area contributed by atoms with Gasteiger partial charge in [0.1, 0.15) is 6.61 Å². The van der Waals surface area contributed by atoms with Gasteiger partial charge in [-0.05, 0) is 19.4 Å². The van der Waals surface area contributed by atoms with Gasteiger partial charge >= 0.3 is 5.97 Å². The number of aliphatic hydroxyl groups excluding tert-OH is 2. The molecule has 5 atom stereocenters. The van der Waals surface area contributed by atoms with Crippen molar-refractivity contribution < 1.29 is 39.2 Å². The molecule has 0 aromatic rings. The van der Waals surface area contributed by atoms with Gasteiger partial charge in [-0.15, -0.1) is 0 Å². The molecular formula is C17H16O8. The molecule has 0 aromatic carbocycles. The van der Waals surface area contributed by atoms with Crippen LogP contribution in [0.15, 0.2) is 22.7 Å². The molecule has 3 fully saturated rings.